The largest absolute Gasteiger partial charge is 0.466 e. The molecule has 2 bridgehead atoms. The van der Waals surface area contributed by atoms with E-state index in [1.54, 1.807) is 32.1 Å². The first-order valence-electron chi connectivity index (χ1n) is 8.30. The van der Waals surface area contributed by atoms with Crippen molar-refractivity contribution in [2.24, 2.45) is 11.8 Å². The van der Waals surface area contributed by atoms with Crippen molar-refractivity contribution in [1.29, 1.82) is 0 Å². The monoisotopic (exact) mass is 345 g/mol. The van der Waals surface area contributed by atoms with Gasteiger partial charge in [0.25, 0.3) is 5.69 Å². The fraction of sp³-hybridized carbons (Fsp3) is 0.444. The molecule has 0 spiro atoms. The zero-order chi connectivity index (χ0) is 18.1. The average Bonchev–Trinajstić information content (AvgIpc) is 2.61. The van der Waals surface area contributed by atoms with Gasteiger partial charge in [-0.2, -0.15) is 0 Å². The van der Waals surface area contributed by atoms with Gasteiger partial charge in [-0.3, -0.25) is 19.7 Å². The van der Waals surface area contributed by atoms with Crippen LogP contribution in [0, 0.1) is 22.0 Å². The van der Waals surface area contributed by atoms with Gasteiger partial charge in [-0.25, -0.2) is 0 Å². The van der Waals surface area contributed by atoms with Crippen LogP contribution in [0.1, 0.15) is 36.8 Å². The summed E-state index contributed by atoms with van der Waals surface area (Å²) in [5.74, 6) is -3.56. The van der Waals surface area contributed by atoms with E-state index in [-0.39, 0.29) is 18.9 Å². The van der Waals surface area contributed by atoms with E-state index < -0.39 is 40.5 Å². The Hall–Kier alpha value is -2.70. The molecule has 3 aliphatic carbocycles. The van der Waals surface area contributed by atoms with E-state index in [9.17, 15) is 19.7 Å². The second kappa shape index (κ2) is 6.66. The molecule has 4 rings (SSSR count). The highest BCUT2D eigenvalue weighted by molar-refractivity contribution is 5.87. The molecule has 0 aromatic heterocycles. The van der Waals surface area contributed by atoms with E-state index in [0.717, 1.165) is 0 Å². The fourth-order valence-corrected chi connectivity index (χ4v) is 3.95. The van der Waals surface area contributed by atoms with Crippen molar-refractivity contribution < 1.29 is 24.0 Å². The minimum absolute atomic E-state index is 0.0338. The minimum Gasteiger partial charge on any atom is -0.466 e. The summed E-state index contributed by atoms with van der Waals surface area (Å²) in [6.45, 7) is 3.76. The third-order valence-electron chi connectivity index (χ3n) is 4.81. The molecule has 3 aliphatic rings. The van der Waals surface area contributed by atoms with Crippen LogP contribution in [-0.4, -0.2) is 30.1 Å². The van der Waals surface area contributed by atoms with Gasteiger partial charge in [0.1, 0.15) is 0 Å². The lowest BCUT2D eigenvalue weighted by atomic mass is 9.59. The van der Waals surface area contributed by atoms with Crippen molar-refractivity contribution in [2.75, 3.05) is 13.2 Å². The van der Waals surface area contributed by atoms with Crippen LogP contribution in [0.2, 0.25) is 0 Å². The van der Waals surface area contributed by atoms with Crippen LogP contribution >= 0.6 is 0 Å². The van der Waals surface area contributed by atoms with Crippen LogP contribution in [0.5, 0.6) is 0 Å². The summed E-state index contributed by atoms with van der Waals surface area (Å²) in [6.07, 6.45) is 3.62. The van der Waals surface area contributed by atoms with Crippen molar-refractivity contribution in [3.05, 3.63) is 51.6 Å². The maximum absolute atomic E-state index is 12.6. The SMILES string of the molecule is CCOC(=O)[C@@H]1[C@H](C(=O)OCC)[C@H]2C=C[C@H]1c1c2cccc1[N+](=O)[O-]. The van der Waals surface area contributed by atoms with E-state index in [0.29, 0.717) is 11.1 Å². The number of hydrogen-bond donors (Lipinski definition) is 0. The first-order chi connectivity index (χ1) is 12.0. The Bertz CT molecular complexity index is 756. The number of nitrogens with zero attached hydrogens (tertiary/aromatic N) is 1. The van der Waals surface area contributed by atoms with E-state index in [2.05, 4.69) is 0 Å². The number of allylic oxidation sites excluding steroid dienone is 2. The molecular formula is C18H19NO6. The molecule has 0 aliphatic heterocycles. The summed E-state index contributed by atoms with van der Waals surface area (Å²) in [4.78, 5) is 36.1. The highest BCUT2D eigenvalue weighted by Gasteiger charge is 2.54. The average molecular weight is 345 g/mol. The van der Waals surface area contributed by atoms with Crippen LogP contribution in [0.4, 0.5) is 5.69 Å². The molecular weight excluding hydrogens is 326 g/mol. The maximum atomic E-state index is 12.6. The van der Waals surface area contributed by atoms with Crippen LogP contribution in [0.15, 0.2) is 30.4 Å². The molecule has 0 unspecified atom stereocenters. The van der Waals surface area contributed by atoms with Gasteiger partial charge in [0.15, 0.2) is 0 Å². The van der Waals surface area contributed by atoms with E-state index in [4.69, 9.17) is 9.47 Å². The lowest BCUT2D eigenvalue weighted by molar-refractivity contribution is -0.385. The molecule has 1 aromatic rings. The van der Waals surface area contributed by atoms with Crippen LogP contribution in [0.3, 0.4) is 0 Å². The number of carbonyl (C=O) groups is 2. The number of ether oxygens (including phenoxy) is 2. The van der Waals surface area contributed by atoms with Crippen LogP contribution in [-0.2, 0) is 19.1 Å². The van der Waals surface area contributed by atoms with Gasteiger partial charge in [0.05, 0.1) is 30.0 Å². The van der Waals surface area contributed by atoms with Crippen molar-refractivity contribution >= 4 is 17.6 Å². The normalized spacial score (nSPS) is 26.0. The zero-order valence-electron chi connectivity index (χ0n) is 14.0. The fourth-order valence-electron chi connectivity index (χ4n) is 3.95. The minimum atomic E-state index is -0.817. The van der Waals surface area contributed by atoms with Gasteiger partial charge in [-0.15, -0.1) is 0 Å². The summed E-state index contributed by atoms with van der Waals surface area (Å²) in [6, 6.07) is 4.80. The Morgan fingerprint density at radius 2 is 1.60 bits per heavy atom. The number of nitro benzene ring substituents is 1. The Balaban J connectivity index is 2.15. The van der Waals surface area contributed by atoms with Gasteiger partial charge in [-0.1, -0.05) is 24.3 Å². The Morgan fingerprint density at radius 3 is 2.16 bits per heavy atom. The highest BCUT2D eigenvalue weighted by Crippen LogP contribution is 2.55. The van der Waals surface area contributed by atoms with E-state index in [1.165, 1.54) is 6.07 Å². The summed E-state index contributed by atoms with van der Waals surface area (Å²) in [7, 11) is 0. The Labute approximate surface area is 144 Å². The molecule has 0 saturated carbocycles. The molecule has 25 heavy (non-hydrogen) atoms. The lowest BCUT2D eigenvalue weighted by Crippen LogP contribution is -2.45. The number of esters is 2. The molecule has 0 saturated heterocycles. The van der Waals surface area contributed by atoms with Crippen LogP contribution in [0.25, 0.3) is 0 Å². The molecule has 0 heterocycles. The second-order valence-corrected chi connectivity index (χ2v) is 6.03. The van der Waals surface area contributed by atoms with Crippen molar-refractivity contribution in [3.8, 4) is 0 Å². The molecule has 1 aromatic carbocycles. The van der Waals surface area contributed by atoms with E-state index >= 15 is 0 Å². The highest BCUT2D eigenvalue weighted by atomic mass is 16.6. The zero-order valence-corrected chi connectivity index (χ0v) is 14.0. The topological polar surface area (TPSA) is 95.7 Å². The molecule has 4 atom stereocenters. The number of nitro groups is 1. The van der Waals surface area contributed by atoms with Gasteiger partial charge in [-0.05, 0) is 19.4 Å². The Morgan fingerprint density at radius 1 is 1.04 bits per heavy atom. The number of benzene rings is 1. The lowest BCUT2D eigenvalue weighted by Gasteiger charge is -2.43. The van der Waals surface area contributed by atoms with E-state index in [1.807, 2.05) is 6.08 Å². The molecule has 0 N–H and O–H groups in total. The summed E-state index contributed by atoms with van der Waals surface area (Å²) >= 11 is 0. The number of rotatable bonds is 5. The number of hydrogen-bond acceptors (Lipinski definition) is 6. The third-order valence-corrected chi connectivity index (χ3v) is 4.81. The van der Waals surface area contributed by atoms with Gasteiger partial charge < -0.3 is 9.47 Å². The first-order valence-corrected chi connectivity index (χ1v) is 8.30. The van der Waals surface area contributed by atoms with Crippen LogP contribution < -0.4 is 0 Å². The smallest absolute Gasteiger partial charge is 0.310 e. The van der Waals surface area contributed by atoms with Gasteiger partial charge in [0.2, 0.25) is 0 Å². The molecule has 0 fully saturated rings. The predicted molar refractivity (Wildman–Crippen MR) is 88.0 cm³/mol. The van der Waals surface area contributed by atoms with Crippen molar-refractivity contribution in [1.82, 2.24) is 0 Å². The number of fused-ring (bicyclic) bond motifs is 1. The molecule has 132 valence electrons. The quantitative estimate of drug-likeness (QED) is 0.352. The molecule has 0 amide bonds. The molecule has 7 nitrogen and oxygen atoms in total. The standard InChI is InChI=1S/C18H19NO6/c1-3-24-17(20)15-11-8-9-12(16(15)18(21)25-4-2)14-10(11)6-5-7-13(14)19(22)23/h5-9,11-12,15-16H,3-4H2,1-2H3/t11-,12-,15+,16-/m0/s1. The van der Waals surface area contributed by atoms with Crippen molar-refractivity contribution in [3.63, 3.8) is 0 Å². The summed E-state index contributed by atoms with van der Waals surface area (Å²) in [5.41, 5.74) is 1.17. The summed E-state index contributed by atoms with van der Waals surface area (Å²) in [5, 5.41) is 11.4. The van der Waals surface area contributed by atoms with Gasteiger partial charge >= 0.3 is 11.9 Å². The first kappa shape index (κ1) is 17.1. The molecule has 7 heteroatoms. The Kier molecular flexibility index (Phi) is 4.57. The summed E-state index contributed by atoms with van der Waals surface area (Å²) < 4.78 is 10.3. The number of carbonyl (C=O) groups excluding carboxylic acids is 2. The third kappa shape index (κ3) is 2.69. The molecule has 0 radical (unpaired) electrons. The predicted octanol–water partition coefficient (Wildman–Crippen LogP) is 2.70. The van der Waals surface area contributed by atoms with Gasteiger partial charge in [0, 0.05) is 23.5 Å². The second-order valence-electron chi connectivity index (χ2n) is 6.03. The maximum Gasteiger partial charge on any atom is 0.310 e. The van der Waals surface area contributed by atoms with Crippen molar-refractivity contribution in [2.45, 2.75) is 25.7 Å².